The van der Waals surface area contributed by atoms with E-state index in [4.69, 9.17) is 4.74 Å². The highest BCUT2D eigenvalue weighted by molar-refractivity contribution is 5.79. The summed E-state index contributed by atoms with van der Waals surface area (Å²) < 4.78 is 89.3. The van der Waals surface area contributed by atoms with Crippen molar-refractivity contribution in [1.82, 2.24) is 10.2 Å². The fourth-order valence-corrected chi connectivity index (χ4v) is 5.08. The van der Waals surface area contributed by atoms with E-state index >= 15 is 8.78 Å². The molecule has 1 N–H and O–H groups in total. The van der Waals surface area contributed by atoms with Gasteiger partial charge in [0.15, 0.2) is 11.6 Å². The summed E-state index contributed by atoms with van der Waals surface area (Å²) in [4.78, 5) is 1.15. The van der Waals surface area contributed by atoms with E-state index in [0.29, 0.717) is 37.9 Å². The molecule has 190 valence electrons. The van der Waals surface area contributed by atoms with Crippen LogP contribution in [-0.2, 0) is 6.42 Å². The summed E-state index contributed by atoms with van der Waals surface area (Å²) in [6.45, 7) is 0.705. The van der Waals surface area contributed by atoms with Gasteiger partial charge >= 0.3 is 6.18 Å². The van der Waals surface area contributed by atoms with Crippen molar-refractivity contribution in [2.75, 3.05) is 32.9 Å². The van der Waals surface area contributed by atoms with Crippen molar-refractivity contribution < 1.29 is 31.1 Å². The third-order valence-corrected chi connectivity index (χ3v) is 6.59. The van der Waals surface area contributed by atoms with Crippen LogP contribution in [0.5, 0.6) is 5.75 Å². The molecule has 2 aromatic carbocycles. The first-order chi connectivity index (χ1) is 16.7. The smallest absolute Gasteiger partial charge is 0.401 e. The molecule has 35 heavy (non-hydrogen) atoms. The Bertz CT molecular complexity index is 1080. The largest absolute Gasteiger partial charge is 0.489 e. The van der Waals surface area contributed by atoms with Gasteiger partial charge in [0.2, 0.25) is 0 Å². The first-order valence-electron chi connectivity index (χ1n) is 11.7. The van der Waals surface area contributed by atoms with Gasteiger partial charge in [-0.15, -0.1) is 0 Å². The number of alkyl halides is 4. The maximum atomic E-state index is 15.7. The SMILES string of the molecule is C[C@@H]1CC2=C(Cc3ccccc32)[C@@H](c2c(F)ccc(OCCNCCCF)c2F)N1CC(F)(F)F. The fraction of sp³-hybridized carbons (Fsp3) is 0.462. The van der Waals surface area contributed by atoms with Crippen molar-refractivity contribution >= 4 is 5.57 Å². The van der Waals surface area contributed by atoms with Crippen LogP contribution < -0.4 is 10.1 Å². The summed E-state index contributed by atoms with van der Waals surface area (Å²) in [6.07, 6.45) is -3.51. The minimum absolute atomic E-state index is 0.0427. The van der Waals surface area contributed by atoms with E-state index in [2.05, 4.69) is 5.32 Å². The highest BCUT2D eigenvalue weighted by Crippen LogP contribution is 2.50. The molecule has 4 rings (SSSR count). The molecule has 2 aromatic rings. The van der Waals surface area contributed by atoms with E-state index < -0.39 is 48.7 Å². The predicted molar refractivity (Wildman–Crippen MR) is 122 cm³/mol. The quantitative estimate of drug-likeness (QED) is 0.339. The number of fused-ring (bicyclic) bond motifs is 2. The molecule has 0 spiro atoms. The second-order valence-corrected chi connectivity index (χ2v) is 9.00. The molecular weight excluding hydrogens is 470 g/mol. The molecule has 9 heteroatoms. The Labute approximate surface area is 200 Å². The Morgan fingerprint density at radius 3 is 2.60 bits per heavy atom. The highest BCUT2D eigenvalue weighted by Gasteiger charge is 2.45. The van der Waals surface area contributed by atoms with Crippen LogP contribution in [-0.4, -0.2) is 50.0 Å². The van der Waals surface area contributed by atoms with Gasteiger partial charge in [0.05, 0.1) is 19.3 Å². The first kappa shape index (κ1) is 25.6. The summed E-state index contributed by atoms with van der Waals surface area (Å²) in [6, 6.07) is 7.89. The van der Waals surface area contributed by atoms with Gasteiger partial charge in [-0.2, -0.15) is 13.2 Å². The molecule has 1 aliphatic carbocycles. The number of hydrogen-bond donors (Lipinski definition) is 1. The monoisotopic (exact) mass is 498 g/mol. The van der Waals surface area contributed by atoms with E-state index in [1.807, 2.05) is 24.3 Å². The van der Waals surface area contributed by atoms with Crippen LogP contribution in [0.25, 0.3) is 5.57 Å². The van der Waals surface area contributed by atoms with Crippen molar-refractivity contribution in [3.05, 3.63) is 70.3 Å². The van der Waals surface area contributed by atoms with Crippen LogP contribution in [0.1, 0.15) is 42.5 Å². The third-order valence-electron chi connectivity index (χ3n) is 6.59. The van der Waals surface area contributed by atoms with Gasteiger partial charge in [-0.25, -0.2) is 8.78 Å². The van der Waals surface area contributed by atoms with Crippen LogP contribution in [0.4, 0.5) is 26.3 Å². The molecule has 1 aliphatic heterocycles. The average molecular weight is 499 g/mol. The standard InChI is InChI=1S/C26H28F6N2O/c1-16-13-19-18-6-3-2-5-17(18)14-20(19)25(34(16)15-26(30,31)32)23-21(28)7-8-22(24(23)29)35-12-11-33-10-4-9-27/h2-3,5-8,16,25,33H,4,9-15H2,1H3/t16-,25+/m1/s1. The number of nitrogens with zero attached hydrogens (tertiary/aromatic N) is 1. The fourth-order valence-electron chi connectivity index (χ4n) is 5.08. The number of hydrogen-bond acceptors (Lipinski definition) is 3. The molecule has 1 heterocycles. The molecule has 0 bridgehead atoms. The lowest BCUT2D eigenvalue weighted by Gasteiger charge is -2.42. The summed E-state index contributed by atoms with van der Waals surface area (Å²) in [5.74, 6) is -2.13. The number of halogens is 6. The van der Waals surface area contributed by atoms with E-state index in [1.165, 1.54) is 0 Å². The molecule has 0 radical (unpaired) electrons. The molecule has 2 atom stereocenters. The van der Waals surface area contributed by atoms with Crippen LogP contribution in [0.3, 0.4) is 0 Å². The minimum Gasteiger partial charge on any atom is -0.489 e. The normalized spacial score (nSPS) is 20.2. The maximum absolute atomic E-state index is 15.7. The predicted octanol–water partition coefficient (Wildman–Crippen LogP) is 6.00. The van der Waals surface area contributed by atoms with Crippen molar-refractivity contribution in [2.24, 2.45) is 0 Å². The van der Waals surface area contributed by atoms with E-state index in [9.17, 15) is 17.6 Å². The molecule has 2 aliphatic rings. The zero-order chi connectivity index (χ0) is 25.2. The van der Waals surface area contributed by atoms with Gasteiger partial charge in [-0.1, -0.05) is 24.3 Å². The van der Waals surface area contributed by atoms with Crippen LogP contribution in [0.15, 0.2) is 42.0 Å². The Morgan fingerprint density at radius 2 is 1.86 bits per heavy atom. The lowest BCUT2D eigenvalue weighted by Crippen LogP contribution is -2.46. The third kappa shape index (κ3) is 5.51. The Kier molecular flexibility index (Phi) is 7.76. The second-order valence-electron chi connectivity index (χ2n) is 9.00. The van der Waals surface area contributed by atoms with E-state index in [-0.39, 0.29) is 12.4 Å². The van der Waals surface area contributed by atoms with Crippen molar-refractivity contribution in [2.45, 2.75) is 44.4 Å². The lowest BCUT2D eigenvalue weighted by molar-refractivity contribution is -0.155. The number of benzene rings is 2. The van der Waals surface area contributed by atoms with Gasteiger partial charge in [0.1, 0.15) is 12.4 Å². The second kappa shape index (κ2) is 10.6. The van der Waals surface area contributed by atoms with Crippen LogP contribution in [0, 0.1) is 11.6 Å². The first-order valence-corrected chi connectivity index (χ1v) is 11.7. The Balaban J connectivity index is 1.71. The maximum Gasteiger partial charge on any atom is 0.401 e. The molecule has 0 aromatic heterocycles. The van der Waals surface area contributed by atoms with Gasteiger partial charge in [0.25, 0.3) is 0 Å². The highest BCUT2D eigenvalue weighted by atomic mass is 19.4. The molecule has 0 saturated carbocycles. The molecule has 0 amide bonds. The van der Waals surface area contributed by atoms with Crippen LogP contribution in [0.2, 0.25) is 0 Å². The van der Waals surface area contributed by atoms with E-state index in [0.717, 1.165) is 33.7 Å². The Hall–Kier alpha value is -2.52. The molecule has 0 unspecified atom stereocenters. The van der Waals surface area contributed by atoms with E-state index in [1.54, 1.807) is 6.92 Å². The number of rotatable bonds is 9. The van der Waals surface area contributed by atoms with Crippen molar-refractivity contribution in [1.29, 1.82) is 0 Å². The summed E-state index contributed by atoms with van der Waals surface area (Å²) in [7, 11) is 0. The Morgan fingerprint density at radius 1 is 1.09 bits per heavy atom. The molecule has 0 saturated heterocycles. The number of nitrogens with one attached hydrogen (secondary N) is 1. The summed E-state index contributed by atoms with van der Waals surface area (Å²) in [5, 5.41) is 2.94. The van der Waals surface area contributed by atoms with Gasteiger partial charge < -0.3 is 10.1 Å². The lowest BCUT2D eigenvalue weighted by atomic mass is 9.84. The minimum atomic E-state index is -4.54. The summed E-state index contributed by atoms with van der Waals surface area (Å²) >= 11 is 0. The average Bonchev–Trinajstić information content (AvgIpc) is 3.16. The molecule has 0 fully saturated rings. The molecular formula is C26H28F6N2O. The van der Waals surface area contributed by atoms with Crippen molar-refractivity contribution in [3.8, 4) is 5.75 Å². The van der Waals surface area contributed by atoms with Gasteiger partial charge in [-0.3, -0.25) is 9.29 Å². The van der Waals surface area contributed by atoms with Gasteiger partial charge in [0, 0.05) is 18.2 Å². The molecule has 3 nitrogen and oxygen atoms in total. The number of ether oxygens (including phenoxy) is 1. The van der Waals surface area contributed by atoms with Crippen molar-refractivity contribution in [3.63, 3.8) is 0 Å². The summed E-state index contributed by atoms with van der Waals surface area (Å²) in [5.41, 5.74) is 2.90. The van der Waals surface area contributed by atoms with Crippen LogP contribution >= 0.6 is 0 Å². The van der Waals surface area contributed by atoms with Gasteiger partial charge in [-0.05, 0) is 67.1 Å². The zero-order valence-electron chi connectivity index (χ0n) is 19.4. The topological polar surface area (TPSA) is 24.5 Å². The zero-order valence-corrected chi connectivity index (χ0v) is 19.4.